The maximum atomic E-state index is 14.2. The van der Waals surface area contributed by atoms with E-state index < -0.39 is 81.5 Å². The highest BCUT2D eigenvalue weighted by atomic mass is 16.6. The Morgan fingerprint density at radius 3 is 2.42 bits per heavy atom. The number of ketones is 2. The van der Waals surface area contributed by atoms with Crippen molar-refractivity contribution in [1.82, 2.24) is 0 Å². The van der Waals surface area contributed by atoms with Gasteiger partial charge in [0.05, 0.1) is 42.2 Å². The van der Waals surface area contributed by atoms with Crippen molar-refractivity contribution >= 4 is 17.5 Å². The molecule has 1 aromatic rings. The van der Waals surface area contributed by atoms with E-state index in [-0.39, 0.29) is 37.2 Å². The number of rotatable bonds is 2. The molecule has 10 heteroatoms. The standard InChI is InChI=1S/C28H34O10/c1-12(29)38-19-9-18(32)28-11-37-24(35)26(19,3)16(28)8-17(31)27(4)21-15(30)7-14(13-5-6-36-10-13)25(21,2)23(34)20(33)22(27)28/h5-6,10,14,16-19,21,24,31-33,35H,7-9,11H2,1-4H3. The number of allylic oxidation sites excluding steroid dienone is 1. The summed E-state index contributed by atoms with van der Waals surface area (Å²) in [4.78, 5) is 39.9. The lowest BCUT2D eigenvalue weighted by atomic mass is 9.37. The van der Waals surface area contributed by atoms with Crippen LogP contribution in [0, 0.1) is 33.5 Å². The number of carbonyl (C=O) groups is 3. The number of carbonyl (C=O) groups excluding carboxylic acids is 3. The first-order valence-electron chi connectivity index (χ1n) is 13.1. The average Bonchev–Trinajstić information content (AvgIpc) is 3.46. The van der Waals surface area contributed by atoms with Crippen LogP contribution in [0.3, 0.4) is 0 Å². The molecule has 3 saturated carbocycles. The summed E-state index contributed by atoms with van der Waals surface area (Å²) < 4.78 is 16.6. The summed E-state index contributed by atoms with van der Waals surface area (Å²) in [6.45, 7) is 6.02. The van der Waals surface area contributed by atoms with Crippen LogP contribution in [-0.4, -0.2) is 69.2 Å². The summed E-state index contributed by atoms with van der Waals surface area (Å²) in [7, 11) is 0. The number of Topliss-reactive ketones (excluding diaryl/α,β-unsaturated/α-hetero) is 2. The van der Waals surface area contributed by atoms with Crippen LogP contribution in [-0.2, 0) is 23.9 Å². The zero-order chi connectivity index (χ0) is 27.6. The summed E-state index contributed by atoms with van der Waals surface area (Å²) in [5, 5.41) is 46.4. The number of aliphatic hydroxyl groups excluding tert-OH is 4. The number of esters is 1. The van der Waals surface area contributed by atoms with Gasteiger partial charge in [0.2, 0.25) is 5.78 Å². The molecular weight excluding hydrogens is 496 g/mol. The lowest BCUT2D eigenvalue weighted by Crippen LogP contribution is -2.75. The fourth-order valence-electron chi connectivity index (χ4n) is 9.42. The Morgan fingerprint density at radius 2 is 1.79 bits per heavy atom. The Hall–Kier alpha value is -2.53. The number of furan rings is 1. The molecule has 1 aliphatic heterocycles. The molecule has 1 saturated heterocycles. The zero-order valence-electron chi connectivity index (χ0n) is 21.8. The molecule has 10 nitrogen and oxygen atoms in total. The molecule has 5 aliphatic rings. The number of hydrogen-bond acceptors (Lipinski definition) is 10. The molecule has 0 radical (unpaired) electrons. The quantitative estimate of drug-likeness (QED) is 0.414. The molecule has 38 heavy (non-hydrogen) atoms. The first kappa shape index (κ1) is 25.7. The number of aliphatic hydroxyl groups is 4. The van der Waals surface area contributed by atoms with Gasteiger partial charge in [-0.05, 0) is 29.5 Å². The second kappa shape index (κ2) is 7.78. The van der Waals surface area contributed by atoms with Gasteiger partial charge in [-0.2, -0.15) is 0 Å². The van der Waals surface area contributed by atoms with Crippen molar-refractivity contribution in [3.63, 3.8) is 0 Å². The smallest absolute Gasteiger partial charge is 0.302 e. The predicted molar refractivity (Wildman–Crippen MR) is 128 cm³/mol. The maximum absolute atomic E-state index is 14.2. The van der Waals surface area contributed by atoms with Gasteiger partial charge in [-0.15, -0.1) is 0 Å². The first-order chi connectivity index (χ1) is 17.8. The van der Waals surface area contributed by atoms with Crippen LogP contribution >= 0.6 is 0 Å². The minimum Gasteiger partial charge on any atom is -0.504 e. The van der Waals surface area contributed by atoms with Crippen molar-refractivity contribution in [2.45, 2.75) is 77.5 Å². The van der Waals surface area contributed by atoms with Crippen LogP contribution in [0.15, 0.2) is 34.3 Å². The van der Waals surface area contributed by atoms with Gasteiger partial charge in [0.25, 0.3) is 0 Å². The number of hydrogen-bond donors (Lipinski definition) is 4. The largest absolute Gasteiger partial charge is 0.504 e. The molecule has 11 unspecified atom stereocenters. The second-order valence-electron chi connectivity index (χ2n) is 12.6. The van der Waals surface area contributed by atoms with Crippen molar-refractivity contribution < 1.29 is 48.7 Å². The SMILES string of the molecule is CC(=O)OC1CC(O)C23COC(O)C1(C)C2CC(O)C1(C)C3=C(O)C(=O)C2(C)C(c3ccoc3)CC(=O)C12. The van der Waals surface area contributed by atoms with Crippen molar-refractivity contribution in [3.8, 4) is 0 Å². The summed E-state index contributed by atoms with van der Waals surface area (Å²) in [6, 6.07) is 1.70. The fraction of sp³-hybridized carbons (Fsp3) is 0.679. The Morgan fingerprint density at radius 1 is 1.08 bits per heavy atom. The summed E-state index contributed by atoms with van der Waals surface area (Å²) in [5.41, 5.74) is -4.65. The Labute approximate surface area is 219 Å². The van der Waals surface area contributed by atoms with Crippen LogP contribution in [0.25, 0.3) is 0 Å². The third-order valence-electron chi connectivity index (χ3n) is 11.1. The highest BCUT2D eigenvalue weighted by molar-refractivity contribution is 6.07. The Kier molecular flexibility index (Phi) is 5.27. The Balaban J connectivity index is 1.59. The van der Waals surface area contributed by atoms with Crippen molar-refractivity contribution in [1.29, 1.82) is 0 Å². The van der Waals surface area contributed by atoms with Crippen molar-refractivity contribution in [2.24, 2.45) is 33.5 Å². The molecule has 2 heterocycles. The molecule has 4 fully saturated rings. The van der Waals surface area contributed by atoms with Crippen molar-refractivity contribution in [3.05, 3.63) is 35.5 Å². The van der Waals surface area contributed by atoms with Crippen LogP contribution in [0.4, 0.5) is 0 Å². The normalized spacial score (nSPS) is 49.8. The Bertz CT molecular complexity index is 1250. The van der Waals surface area contributed by atoms with Gasteiger partial charge in [0.15, 0.2) is 12.0 Å². The van der Waals surface area contributed by atoms with Crippen molar-refractivity contribution in [2.75, 3.05) is 6.61 Å². The first-order valence-corrected chi connectivity index (χ1v) is 13.1. The zero-order valence-corrected chi connectivity index (χ0v) is 21.8. The lowest BCUT2D eigenvalue weighted by Gasteiger charge is -2.70. The molecular formula is C28H34O10. The minimum absolute atomic E-state index is 0.0312. The van der Waals surface area contributed by atoms with Crippen LogP contribution in [0.5, 0.6) is 0 Å². The van der Waals surface area contributed by atoms with Gasteiger partial charge in [-0.25, -0.2) is 0 Å². The van der Waals surface area contributed by atoms with E-state index >= 15 is 0 Å². The molecule has 2 bridgehead atoms. The van der Waals surface area contributed by atoms with Gasteiger partial charge in [-0.3, -0.25) is 14.4 Å². The molecule has 11 atom stereocenters. The van der Waals surface area contributed by atoms with E-state index in [1.165, 1.54) is 19.5 Å². The van der Waals surface area contributed by atoms with Crippen LogP contribution < -0.4 is 0 Å². The third kappa shape index (κ3) is 2.69. The maximum Gasteiger partial charge on any atom is 0.302 e. The minimum atomic E-state index is -1.40. The number of ether oxygens (including phenoxy) is 2. The van der Waals surface area contributed by atoms with E-state index in [2.05, 4.69) is 0 Å². The van der Waals surface area contributed by atoms with Gasteiger partial charge < -0.3 is 34.3 Å². The molecule has 4 aliphatic carbocycles. The molecule has 0 amide bonds. The van der Waals surface area contributed by atoms with Gasteiger partial charge in [-0.1, -0.05) is 20.8 Å². The lowest BCUT2D eigenvalue weighted by molar-refractivity contribution is -0.340. The highest BCUT2D eigenvalue weighted by Gasteiger charge is 2.78. The molecule has 0 aromatic carbocycles. The van der Waals surface area contributed by atoms with E-state index in [9.17, 15) is 34.8 Å². The summed E-state index contributed by atoms with van der Waals surface area (Å²) >= 11 is 0. The molecule has 206 valence electrons. The fourth-order valence-corrected chi connectivity index (χ4v) is 9.42. The van der Waals surface area contributed by atoms with Crippen LogP contribution in [0.1, 0.15) is 58.4 Å². The summed E-state index contributed by atoms with van der Waals surface area (Å²) in [6.07, 6.45) is -1.84. The molecule has 0 spiro atoms. The monoisotopic (exact) mass is 530 g/mol. The topological polar surface area (TPSA) is 164 Å². The predicted octanol–water partition coefficient (Wildman–Crippen LogP) is 1.78. The van der Waals surface area contributed by atoms with Crippen LogP contribution in [0.2, 0.25) is 0 Å². The van der Waals surface area contributed by atoms with Gasteiger partial charge in [0.1, 0.15) is 11.9 Å². The van der Waals surface area contributed by atoms with E-state index in [4.69, 9.17) is 13.9 Å². The second-order valence-corrected chi connectivity index (χ2v) is 12.6. The molecule has 1 aromatic heterocycles. The third-order valence-corrected chi connectivity index (χ3v) is 11.1. The van der Waals surface area contributed by atoms with E-state index in [0.717, 1.165) is 0 Å². The van der Waals surface area contributed by atoms with E-state index in [0.29, 0.717) is 5.56 Å². The number of fused-ring (bicyclic) bond motifs is 3. The van der Waals surface area contributed by atoms with E-state index in [1.807, 2.05) is 0 Å². The molecule has 4 N–H and O–H groups in total. The van der Waals surface area contributed by atoms with E-state index in [1.54, 1.807) is 26.8 Å². The summed E-state index contributed by atoms with van der Waals surface area (Å²) in [5.74, 6) is -4.28. The highest BCUT2D eigenvalue weighted by Crippen LogP contribution is 2.74. The average molecular weight is 531 g/mol. The molecule has 6 rings (SSSR count). The van der Waals surface area contributed by atoms with Gasteiger partial charge >= 0.3 is 5.97 Å². The van der Waals surface area contributed by atoms with Gasteiger partial charge in [0, 0.05) is 42.4 Å².